The summed E-state index contributed by atoms with van der Waals surface area (Å²) in [7, 11) is 0. The van der Waals surface area contributed by atoms with E-state index in [0.29, 0.717) is 37.8 Å². The number of thiazole rings is 1. The molecule has 0 saturated heterocycles. The normalized spacial score (nSPS) is 15.4. The summed E-state index contributed by atoms with van der Waals surface area (Å²) in [4.78, 5) is 42.6. The van der Waals surface area contributed by atoms with Crippen LogP contribution in [0.15, 0.2) is 69.6 Å². The zero-order chi connectivity index (χ0) is 26.7. The van der Waals surface area contributed by atoms with Crippen molar-refractivity contribution in [2.75, 3.05) is 13.2 Å². The van der Waals surface area contributed by atoms with Crippen molar-refractivity contribution < 1.29 is 24.2 Å². The van der Waals surface area contributed by atoms with Crippen LogP contribution in [0.2, 0.25) is 0 Å². The van der Waals surface area contributed by atoms with Crippen molar-refractivity contribution in [2.24, 2.45) is 4.99 Å². The Hall–Kier alpha value is -3.98. The molecular formula is C28H28N2O6S. The second kappa shape index (κ2) is 11.0. The van der Waals surface area contributed by atoms with E-state index in [0.717, 1.165) is 11.1 Å². The van der Waals surface area contributed by atoms with Gasteiger partial charge in [-0.15, -0.1) is 0 Å². The van der Waals surface area contributed by atoms with Crippen molar-refractivity contribution in [1.82, 2.24) is 4.57 Å². The van der Waals surface area contributed by atoms with Crippen molar-refractivity contribution in [3.8, 4) is 5.75 Å². The Morgan fingerprint density at radius 1 is 1.19 bits per heavy atom. The molecule has 0 aliphatic carbocycles. The highest BCUT2D eigenvalue weighted by Crippen LogP contribution is 2.31. The standard InChI is InChI=1S/C28H28N2O6S/c1-5-35-27(34)24-17(4)29-28-30(25(24)20-11-9-19(10-12-20)16(2)3)26(33)22(37-28)14-18-7-6-8-21(13-18)36-15-23(31)32/h6-14,16,25H,5,15H2,1-4H3,(H,31,32). The number of fused-ring (bicyclic) bond motifs is 1. The maximum absolute atomic E-state index is 13.7. The van der Waals surface area contributed by atoms with Crippen LogP contribution in [0, 0.1) is 0 Å². The zero-order valence-electron chi connectivity index (χ0n) is 21.1. The molecule has 1 aromatic heterocycles. The molecule has 37 heavy (non-hydrogen) atoms. The lowest BCUT2D eigenvalue weighted by molar-refractivity contribution is -0.140. The van der Waals surface area contributed by atoms with Crippen LogP contribution >= 0.6 is 11.3 Å². The van der Waals surface area contributed by atoms with Crippen LogP contribution in [0.1, 0.15) is 56.3 Å². The predicted molar refractivity (Wildman–Crippen MR) is 141 cm³/mol. The van der Waals surface area contributed by atoms with E-state index in [9.17, 15) is 14.4 Å². The van der Waals surface area contributed by atoms with Gasteiger partial charge in [0.1, 0.15) is 5.75 Å². The number of benzene rings is 2. The third-order valence-corrected chi connectivity index (χ3v) is 6.94. The van der Waals surface area contributed by atoms with Gasteiger partial charge >= 0.3 is 11.9 Å². The maximum atomic E-state index is 13.7. The van der Waals surface area contributed by atoms with Gasteiger partial charge in [0.2, 0.25) is 0 Å². The second-order valence-corrected chi connectivity index (χ2v) is 9.89. The number of allylic oxidation sites excluding steroid dienone is 1. The number of hydrogen-bond donors (Lipinski definition) is 1. The van der Waals surface area contributed by atoms with Crippen LogP contribution in [0.4, 0.5) is 0 Å². The van der Waals surface area contributed by atoms with E-state index in [1.807, 2.05) is 24.3 Å². The van der Waals surface area contributed by atoms with Gasteiger partial charge in [-0.05, 0) is 54.7 Å². The number of hydrogen-bond acceptors (Lipinski definition) is 7. The summed E-state index contributed by atoms with van der Waals surface area (Å²) >= 11 is 1.23. The molecule has 1 unspecified atom stereocenters. The van der Waals surface area contributed by atoms with E-state index in [1.165, 1.54) is 11.3 Å². The van der Waals surface area contributed by atoms with Crippen LogP contribution in [0.25, 0.3) is 6.08 Å². The number of aliphatic carboxylic acids is 1. The number of nitrogens with zero attached hydrogens (tertiary/aromatic N) is 2. The lowest BCUT2D eigenvalue weighted by atomic mass is 9.93. The van der Waals surface area contributed by atoms with E-state index in [2.05, 4.69) is 18.8 Å². The van der Waals surface area contributed by atoms with Gasteiger partial charge in [-0.1, -0.05) is 61.6 Å². The molecule has 3 aromatic rings. The van der Waals surface area contributed by atoms with E-state index in [1.54, 1.807) is 48.8 Å². The minimum absolute atomic E-state index is 0.208. The van der Waals surface area contributed by atoms with E-state index in [-0.39, 0.29) is 12.2 Å². The number of ether oxygens (including phenoxy) is 2. The summed E-state index contributed by atoms with van der Waals surface area (Å²) in [5.41, 5.74) is 3.17. The maximum Gasteiger partial charge on any atom is 0.341 e. The summed E-state index contributed by atoms with van der Waals surface area (Å²) in [5.74, 6) is -0.854. The van der Waals surface area contributed by atoms with Gasteiger partial charge in [0.15, 0.2) is 11.4 Å². The topological polar surface area (TPSA) is 107 Å². The summed E-state index contributed by atoms with van der Waals surface area (Å²) in [6.45, 7) is 7.45. The van der Waals surface area contributed by atoms with Crippen LogP contribution in [0.5, 0.6) is 5.75 Å². The molecule has 192 valence electrons. The first-order valence-electron chi connectivity index (χ1n) is 11.9. The smallest absolute Gasteiger partial charge is 0.341 e. The Morgan fingerprint density at radius 3 is 2.57 bits per heavy atom. The summed E-state index contributed by atoms with van der Waals surface area (Å²) < 4.78 is 12.6. The monoisotopic (exact) mass is 520 g/mol. The number of esters is 1. The quantitative estimate of drug-likeness (QED) is 0.457. The molecule has 0 spiro atoms. The molecule has 9 heteroatoms. The van der Waals surface area contributed by atoms with Gasteiger partial charge in [0.25, 0.3) is 5.56 Å². The van der Waals surface area contributed by atoms with Crippen LogP contribution in [0.3, 0.4) is 0 Å². The summed E-state index contributed by atoms with van der Waals surface area (Å²) in [5, 5.41) is 8.86. The SMILES string of the molecule is CCOC(=O)C1=C(C)N=c2sc(=Cc3cccc(OCC(=O)O)c3)c(=O)n2C1c1ccc(C(C)C)cc1. The van der Waals surface area contributed by atoms with Gasteiger partial charge in [-0.2, -0.15) is 0 Å². The number of carboxylic acid groups (broad SMARTS) is 1. The molecular weight excluding hydrogens is 492 g/mol. The second-order valence-electron chi connectivity index (χ2n) is 8.88. The van der Waals surface area contributed by atoms with Gasteiger partial charge < -0.3 is 14.6 Å². The Morgan fingerprint density at radius 2 is 1.92 bits per heavy atom. The van der Waals surface area contributed by atoms with E-state index >= 15 is 0 Å². The molecule has 0 fully saturated rings. The first-order valence-corrected chi connectivity index (χ1v) is 12.8. The average molecular weight is 521 g/mol. The number of rotatable bonds is 8. The molecule has 0 amide bonds. The number of carboxylic acids is 1. The largest absolute Gasteiger partial charge is 0.482 e. The highest BCUT2D eigenvalue weighted by Gasteiger charge is 2.33. The average Bonchev–Trinajstić information content (AvgIpc) is 3.16. The minimum atomic E-state index is -1.08. The van der Waals surface area contributed by atoms with E-state index < -0.39 is 24.6 Å². The number of carbonyl (C=O) groups excluding carboxylic acids is 1. The van der Waals surface area contributed by atoms with Crippen molar-refractivity contribution in [2.45, 2.75) is 39.7 Å². The molecule has 0 bridgehead atoms. The van der Waals surface area contributed by atoms with Gasteiger partial charge in [0.05, 0.1) is 28.5 Å². The van der Waals surface area contributed by atoms with Crippen LogP contribution in [-0.2, 0) is 14.3 Å². The molecule has 0 radical (unpaired) electrons. The molecule has 2 heterocycles. The Kier molecular flexibility index (Phi) is 7.73. The minimum Gasteiger partial charge on any atom is -0.482 e. The Labute approximate surface area is 217 Å². The first kappa shape index (κ1) is 26.1. The lowest BCUT2D eigenvalue weighted by Crippen LogP contribution is -2.39. The van der Waals surface area contributed by atoms with Gasteiger partial charge in [-0.3, -0.25) is 9.36 Å². The van der Waals surface area contributed by atoms with Crippen molar-refractivity contribution in [1.29, 1.82) is 0 Å². The molecule has 4 rings (SSSR count). The van der Waals surface area contributed by atoms with Crippen LogP contribution < -0.4 is 19.6 Å². The molecule has 1 N–H and O–H groups in total. The van der Waals surface area contributed by atoms with Crippen LogP contribution in [-0.4, -0.2) is 34.8 Å². The molecule has 0 saturated carbocycles. The van der Waals surface area contributed by atoms with Gasteiger partial charge in [0, 0.05) is 0 Å². The highest BCUT2D eigenvalue weighted by molar-refractivity contribution is 7.07. The van der Waals surface area contributed by atoms with E-state index in [4.69, 9.17) is 14.6 Å². The Bertz CT molecular complexity index is 1550. The summed E-state index contributed by atoms with van der Waals surface area (Å²) in [6, 6.07) is 14.1. The molecule has 1 aliphatic heterocycles. The predicted octanol–water partition coefficient (Wildman–Crippen LogP) is 3.39. The zero-order valence-corrected chi connectivity index (χ0v) is 21.9. The first-order chi connectivity index (χ1) is 17.7. The highest BCUT2D eigenvalue weighted by atomic mass is 32.1. The van der Waals surface area contributed by atoms with Crippen molar-refractivity contribution in [3.05, 3.63) is 96.2 Å². The molecule has 2 aromatic carbocycles. The number of carbonyl (C=O) groups is 2. The molecule has 1 atom stereocenters. The fourth-order valence-electron chi connectivity index (χ4n) is 4.16. The third kappa shape index (κ3) is 5.56. The number of aromatic nitrogens is 1. The Balaban J connectivity index is 1.85. The van der Waals surface area contributed by atoms with Crippen molar-refractivity contribution in [3.63, 3.8) is 0 Å². The summed E-state index contributed by atoms with van der Waals surface area (Å²) in [6.07, 6.45) is 1.71. The van der Waals surface area contributed by atoms with Gasteiger partial charge in [-0.25, -0.2) is 14.6 Å². The fraction of sp³-hybridized carbons (Fsp3) is 0.286. The third-order valence-electron chi connectivity index (χ3n) is 5.95. The molecule has 1 aliphatic rings. The lowest BCUT2D eigenvalue weighted by Gasteiger charge is -2.25. The fourth-order valence-corrected chi connectivity index (χ4v) is 5.21. The van der Waals surface area contributed by atoms with Crippen molar-refractivity contribution >= 4 is 29.4 Å². The molecule has 8 nitrogen and oxygen atoms in total.